The molecule has 1 atom stereocenters. The first-order valence-electron chi connectivity index (χ1n) is 7.13. The zero-order chi connectivity index (χ0) is 16.8. The number of aliphatic hydroxyl groups is 1. The maximum Gasteiger partial charge on any atom is 0.244 e. The third kappa shape index (κ3) is 5.07. The van der Waals surface area contributed by atoms with Gasteiger partial charge in [0.25, 0.3) is 0 Å². The molecule has 1 rings (SSSR count). The van der Waals surface area contributed by atoms with E-state index >= 15 is 0 Å². The lowest BCUT2D eigenvalue weighted by Gasteiger charge is -2.29. The normalized spacial score (nSPS) is 13.0. The van der Waals surface area contributed by atoms with E-state index in [4.69, 9.17) is 9.47 Å². The molecule has 0 aliphatic rings. The quantitative estimate of drug-likeness (QED) is 0.791. The lowest BCUT2D eigenvalue weighted by atomic mass is 9.87. The first-order chi connectivity index (χ1) is 10.3. The summed E-state index contributed by atoms with van der Waals surface area (Å²) in [6, 6.07) is 5.06. The Morgan fingerprint density at radius 1 is 1.32 bits per heavy atom. The molecule has 0 saturated heterocycles. The van der Waals surface area contributed by atoms with Crippen LogP contribution < -0.4 is 14.8 Å². The highest BCUT2D eigenvalue weighted by Gasteiger charge is 2.24. The number of aliphatic hydroxyl groups excluding tert-OH is 1. The maximum atomic E-state index is 12.0. The molecule has 2 N–H and O–H groups in total. The molecule has 122 valence electrons. The summed E-state index contributed by atoms with van der Waals surface area (Å²) in [7, 11) is 3.15. The van der Waals surface area contributed by atoms with Gasteiger partial charge in [0.1, 0.15) is 11.5 Å². The number of rotatable bonds is 6. The van der Waals surface area contributed by atoms with E-state index < -0.39 is 0 Å². The molecular formula is C17H25NO4. The molecule has 0 unspecified atom stereocenters. The molecule has 0 bridgehead atoms. The van der Waals surface area contributed by atoms with Crippen LogP contribution in [0.5, 0.6) is 11.5 Å². The highest BCUT2D eigenvalue weighted by atomic mass is 16.5. The summed E-state index contributed by atoms with van der Waals surface area (Å²) in [5.41, 5.74) is 0.561. The lowest BCUT2D eigenvalue weighted by molar-refractivity contribution is -0.118. The Kier molecular flexibility index (Phi) is 6.43. The number of carbonyl (C=O) groups is 1. The van der Waals surface area contributed by atoms with E-state index in [1.165, 1.54) is 6.08 Å². The van der Waals surface area contributed by atoms with Crippen molar-refractivity contribution in [3.8, 4) is 11.5 Å². The standard InChI is InChI=1S/C17H25NO4/c1-17(2,3)15(11-19)18-16(20)9-7-12-6-8-13(21-4)10-14(12)22-5/h6-10,15,19H,11H2,1-5H3,(H,18,20)/b9-7+/t15-/m1/s1. The second-order valence-electron chi connectivity index (χ2n) is 6.05. The van der Waals surface area contributed by atoms with Gasteiger partial charge in [-0.2, -0.15) is 0 Å². The van der Waals surface area contributed by atoms with Gasteiger partial charge in [0, 0.05) is 17.7 Å². The molecule has 0 heterocycles. The van der Waals surface area contributed by atoms with E-state index in [9.17, 15) is 9.90 Å². The van der Waals surface area contributed by atoms with Crippen LogP contribution in [0.15, 0.2) is 24.3 Å². The molecule has 0 fully saturated rings. The number of methoxy groups -OCH3 is 2. The maximum absolute atomic E-state index is 12.0. The number of carbonyl (C=O) groups excluding carboxylic acids is 1. The Morgan fingerprint density at radius 3 is 2.50 bits per heavy atom. The molecule has 0 aliphatic carbocycles. The van der Waals surface area contributed by atoms with E-state index in [0.717, 1.165) is 5.56 Å². The van der Waals surface area contributed by atoms with Crippen LogP contribution in [0.1, 0.15) is 26.3 Å². The number of amides is 1. The van der Waals surface area contributed by atoms with E-state index in [1.807, 2.05) is 26.8 Å². The minimum absolute atomic E-state index is 0.102. The zero-order valence-electron chi connectivity index (χ0n) is 13.8. The third-order valence-electron chi connectivity index (χ3n) is 3.40. The molecule has 5 heteroatoms. The van der Waals surface area contributed by atoms with E-state index in [-0.39, 0.29) is 24.0 Å². The van der Waals surface area contributed by atoms with Crippen LogP contribution in [0.25, 0.3) is 6.08 Å². The SMILES string of the molecule is COc1ccc(/C=C/C(=O)N[C@H](CO)C(C)(C)C)c(OC)c1. The highest BCUT2D eigenvalue weighted by Crippen LogP contribution is 2.25. The Bertz CT molecular complexity index is 532. The molecule has 0 radical (unpaired) electrons. The molecule has 1 amide bonds. The Morgan fingerprint density at radius 2 is 2.00 bits per heavy atom. The Labute approximate surface area is 131 Å². The van der Waals surface area contributed by atoms with Gasteiger partial charge >= 0.3 is 0 Å². The highest BCUT2D eigenvalue weighted by molar-refractivity contribution is 5.92. The summed E-state index contributed by atoms with van der Waals surface area (Å²) >= 11 is 0. The lowest BCUT2D eigenvalue weighted by Crippen LogP contribution is -2.45. The number of nitrogens with one attached hydrogen (secondary N) is 1. The van der Waals surface area contributed by atoms with Gasteiger partial charge in [0.2, 0.25) is 5.91 Å². The fraction of sp³-hybridized carbons (Fsp3) is 0.471. The smallest absolute Gasteiger partial charge is 0.244 e. The Balaban J connectivity index is 2.81. The average molecular weight is 307 g/mol. The van der Waals surface area contributed by atoms with Crippen molar-refractivity contribution in [2.45, 2.75) is 26.8 Å². The molecule has 0 spiro atoms. The predicted molar refractivity (Wildman–Crippen MR) is 87.1 cm³/mol. The monoisotopic (exact) mass is 307 g/mol. The van der Waals surface area contributed by atoms with Gasteiger partial charge in [-0.1, -0.05) is 20.8 Å². The van der Waals surface area contributed by atoms with E-state index in [0.29, 0.717) is 11.5 Å². The van der Waals surface area contributed by atoms with Crippen LogP contribution in [0.4, 0.5) is 0 Å². The molecular weight excluding hydrogens is 282 g/mol. The second-order valence-corrected chi connectivity index (χ2v) is 6.05. The van der Waals surface area contributed by atoms with Gasteiger partial charge in [-0.15, -0.1) is 0 Å². The van der Waals surface area contributed by atoms with Crippen LogP contribution in [0.2, 0.25) is 0 Å². The number of ether oxygens (including phenoxy) is 2. The van der Waals surface area contributed by atoms with Gasteiger partial charge in [-0.05, 0) is 23.6 Å². The van der Waals surface area contributed by atoms with Crippen molar-refractivity contribution in [2.24, 2.45) is 5.41 Å². The molecule has 1 aromatic rings. The first-order valence-corrected chi connectivity index (χ1v) is 7.13. The van der Waals surface area contributed by atoms with Crippen molar-refractivity contribution in [3.63, 3.8) is 0 Å². The third-order valence-corrected chi connectivity index (χ3v) is 3.40. The van der Waals surface area contributed by atoms with Crippen LogP contribution in [-0.4, -0.2) is 37.9 Å². The van der Waals surface area contributed by atoms with Crippen molar-refractivity contribution in [1.82, 2.24) is 5.32 Å². The molecule has 1 aromatic carbocycles. The molecule has 0 saturated carbocycles. The molecule has 22 heavy (non-hydrogen) atoms. The molecule has 0 aromatic heterocycles. The number of benzene rings is 1. The van der Waals surface area contributed by atoms with E-state index in [2.05, 4.69) is 5.32 Å². The summed E-state index contributed by atoms with van der Waals surface area (Å²) in [5, 5.41) is 12.2. The van der Waals surface area contributed by atoms with Crippen molar-refractivity contribution in [3.05, 3.63) is 29.8 Å². The molecule has 5 nitrogen and oxygen atoms in total. The zero-order valence-corrected chi connectivity index (χ0v) is 13.8. The van der Waals surface area contributed by atoms with Crippen LogP contribution in [-0.2, 0) is 4.79 Å². The van der Waals surface area contributed by atoms with Crippen molar-refractivity contribution in [1.29, 1.82) is 0 Å². The summed E-state index contributed by atoms with van der Waals surface area (Å²) in [6.07, 6.45) is 3.10. The van der Waals surface area contributed by atoms with Crippen LogP contribution in [0, 0.1) is 5.41 Å². The number of hydrogen-bond acceptors (Lipinski definition) is 4. The van der Waals surface area contributed by atoms with Crippen LogP contribution >= 0.6 is 0 Å². The van der Waals surface area contributed by atoms with Crippen LogP contribution in [0.3, 0.4) is 0 Å². The average Bonchev–Trinajstić information content (AvgIpc) is 2.49. The van der Waals surface area contributed by atoms with Gasteiger partial charge < -0.3 is 19.9 Å². The minimum Gasteiger partial charge on any atom is -0.497 e. The Hall–Kier alpha value is -2.01. The summed E-state index contributed by atoms with van der Waals surface area (Å²) < 4.78 is 10.4. The van der Waals surface area contributed by atoms with Crippen molar-refractivity contribution in [2.75, 3.05) is 20.8 Å². The minimum atomic E-state index is -0.303. The summed E-state index contributed by atoms with van der Waals surface area (Å²) in [4.78, 5) is 12.0. The summed E-state index contributed by atoms with van der Waals surface area (Å²) in [6.45, 7) is 5.79. The molecule has 0 aliphatic heterocycles. The summed E-state index contributed by atoms with van der Waals surface area (Å²) in [5.74, 6) is 1.05. The largest absolute Gasteiger partial charge is 0.497 e. The van der Waals surface area contributed by atoms with Gasteiger partial charge in [0.15, 0.2) is 0 Å². The predicted octanol–water partition coefficient (Wildman–Crippen LogP) is 2.24. The van der Waals surface area contributed by atoms with Crippen molar-refractivity contribution < 1.29 is 19.4 Å². The fourth-order valence-corrected chi connectivity index (χ4v) is 1.88. The van der Waals surface area contributed by atoms with Gasteiger partial charge in [-0.25, -0.2) is 0 Å². The van der Waals surface area contributed by atoms with Gasteiger partial charge in [-0.3, -0.25) is 4.79 Å². The fourth-order valence-electron chi connectivity index (χ4n) is 1.88. The second kappa shape index (κ2) is 7.84. The van der Waals surface area contributed by atoms with Gasteiger partial charge in [0.05, 0.1) is 26.9 Å². The topological polar surface area (TPSA) is 67.8 Å². The first kappa shape index (κ1) is 18.0. The van der Waals surface area contributed by atoms with Crippen molar-refractivity contribution >= 4 is 12.0 Å². The van der Waals surface area contributed by atoms with E-state index in [1.54, 1.807) is 32.4 Å². The number of hydrogen-bond donors (Lipinski definition) is 2.